The Hall–Kier alpha value is -2.39. The number of nitrogens with zero attached hydrogens (tertiary/aromatic N) is 1. The number of anilines is 1. The Labute approximate surface area is 182 Å². The van der Waals surface area contributed by atoms with Crippen LogP contribution in [0.1, 0.15) is 42.4 Å². The second-order valence-corrected chi connectivity index (χ2v) is 8.53. The largest absolute Gasteiger partial charge is 0.362 e. The first-order chi connectivity index (χ1) is 14.5. The van der Waals surface area contributed by atoms with Gasteiger partial charge in [0.15, 0.2) is 0 Å². The lowest BCUT2D eigenvalue weighted by Gasteiger charge is -2.44. The van der Waals surface area contributed by atoms with Crippen molar-refractivity contribution in [2.45, 2.75) is 44.7 Å². The average molecular weight is 426 g/mol. The van der Waals surface area contributed by atoms with Crippen LogP contribution in [0.2, 0.25) is 5.02 Å². The van der Waals surface area contributed by atoms with E-state index < -0.39 is 11.8 Å². The molecule has 0 aliphatic heterocycles. The van der Waals surface area contributed by atoms with Gasteiger partial charge >= 0.3 is 0 Å². The van der Waals surface area contributed by atoms with Gasteiger partial charge in [-0.3, -0.25) is 0 Å². The molecule has 1 fully saturated rings. The van der Waals surface area contributed by atoms with Gasteiger partial charge in [0.25, 0.3) is 5.92 Å². The first-order valence-electron chi connectivity index (χ1n) is 10.5. The van der Waals surface area contributed by atoms with Crippen LogP contribution in [0.4, 0.5) is 14.5 Å². The number of rotatable bonds is 7. The standard InChI is InChI=1S/C26H26ClF2N/c1-2-23-22(16-26(23,28)29)21-13-14-24(27)25(15-21)30(17-19-9-5-3-6-10-19)18-20-11-7-4-8-12-20/h3-15,22-23H,2,16-18H2,1H3. The van der Waals surface area contributed by atoms with E-state index in [-0.39, 0.29) is 12.3 Å². The average Bonchev–Trinajstić information content (AvgIpc) is 2.74. The van der Waals surface area contributed by atoms with E-state index in [1.165, 1.54) is 11.1 Å². The molecule has 1 aliphatic carbocycles. The van der Waals surface area contributed by atoms with Crippen molar-refractivity contribution in [1.82, 2.24) is 0 Å². The van der Waals surface area contributed by atoms with Crippen LogP contribution in [0.5, 0.6) is 0 Å². The molecule has 4 rings (SSSR count). The predicted molar refractivity (Wildman–Crippen MR) is 120 cm³/mol. The Bertz CT molecular complexity index is 933. The number of hydrogen-bond donors (Lipinski definition) is 0. The van der Waals surface area contributed by atoms with Crippen LogP contribution in [-0.4, -0.2) is 5.92 Å². The van der Waals surface area contributed by atoms with Crippen LogP contribution in [0.3, 0.4) is 0 Å². The van der Waals surface area contributed by atoms with E-state index in [9.17, 15) is 8.78 Å². The summed E-state index contributed by atoms with van der Waals surface area (Å²) in [7, 11) is 0. The van der Waals surface area contributed by atoms with Gasteiger partial charge in [-0.25, -0.2) is 8.78 Å². The summed E-state index contributed by atoms with van der Waals surface area (Å²) in [6.07, 6.45) is 0.400. The number of halogens is 3. The highest BCUT2D eigenvalue weighted by Gasteiger charge is 2.55. The van der Waals surface area contributed by atoms with Crippen molar-refractivity contribution in [2.75, 3.05) is 4.90 Å². The lowest BCUT2D eigenvalue weighted by Crippen LogP contribution is -2.45. The molecule has 30 heavy (non-hydrogen) atoms. The Morgan fingerprint density at radius 2 is 1.47 bits per heavy atom. The zero-order valence-electron chi connectivity index (χ0n) is 17.1. The molecule has 0 amide bonds. The number of benzene rings is 3. The molecule has 0 aromatic heterocycles. The van der Waals surface area contributed by atoms with Gasteiger partial charge in [0, 0.05) is 25.4 Å². The molecule has 1 saturated carbocycles. The summed E-state index contributed by atoms with van der Waals surface area (Å²) in [5.74, 6) is -3.27. The molecule has 4 heteroatoms. The maximum atomic E-state index is 14.0. The van der Waals surface area contributed by atoms with Gasteiger partial charge in [-0.2, -0.15) is 0 Å². The van der Waals surface area contributed by atoms with Gasteiger partial charge in [-0.15, -0.1) is 0 Å². The third-order valence-corrected chi connectivity index (χ3v) is 6.45. The number of hydrogen-bond acceptors (Lipinski definition) is 1. The molecule has 0 radical (unpaired) electrons. The molecule has 0 saturated heterocycles. The van der Waals surface area contributed by atoms with E-state index in [1.807, 2.05) is 61.5 Å². The van der Waals surface area contributed by atoms with Crippen molar-refractivity contribution in [3.05, 3.63) is 101 Å². The quantitative estimate of drug-likeness (QED) is 0.375. The molecule has 0 spiro atoms. The minimum absolute atomic E-state index is 0.0794. The van der Waals surface area contributed by atoms with E-state index in [2.05, 4.69) is 29.2 Å². The first kappa shape index (κ1) is 20.9. The molecule has 0 heterocycles. The summed E-state index contributed by atoms with van der Waals surface area (Å²) in [4.78, 5) is 2.23. The Kier molecular flexibility index (Phi) is 6.10. The fraction of sp³-hybridized carbons (Fsp3) is 0.308. The lowest BCUT2D eigenvalue weighted by atomic mass is 9.65. The maximum absolute atomic E-state index is 14.0. The van der Waals surface area contributed by atoms with Crippen molar-refractivity contribution < 1.29 is 8.78 Å². The minimum Gasteiger partial charge on any atom is -0.362 e. The molecule has 2 unspecified atom stereocenters. The SMILES string of the molecule is CCC1C(c2ccc(Cl)c(N(Cc3ccccc3)Cc3ccccc3)c2)CC1(F)F. The van der Waals surface area contributed by atoms with Crippen molar-refractivity contribution in [3.63, 3.8) is 0 Å². The Morgan fingerprint density at radius 1 is 0.900 bits per heavy atom. The normalized spacial score (nSPS) is 19.9. The predicted octanol–water partition coefficient (Wildman–Crippen LogP) is 7.70. The summed E-state index contributed by atoms with van der Waals surface area (Å²) in [5.41, 5.74) is 4.21. The van der Waals surface area contributed by atoms with Gasteiger partial charge in [0.2, 0.25) is 0 Å². The molecule has 2 atom stereocenters. The van der Waals surface area contributed by atoms with Crippen LogP contribution in [0.15, 0.2) is 78.9 Å². The van der Waals surface area contributed by atoms with Gasteiger partial charge in [-0.1, -0.05) is 85.3 Å². The summed E-state index contributed by atoms with van der Waals surface area (Å²) in [6.45, 7) is 3.23. The van der Waals surface area contributed by atoms with Gasteiger partial charge in [0.05, 0.1) is 10.7 Å². The summed E-state index contributed by atoms with van der Waals surface area (Å²) >= 11 is 6.63. The van der Waals surface area contributed by atoms with Gasteiger partial charge < -0.3 is 4.90 Å². The molecule has 156 valence electrons. The summed E-state index contributed by atoms with van der Waals surface area (Å²) in [6, 6.07) is 26.3. The van der Waals surface area contributed by atoms with Crippen LogP contribution >= 0.6 is 11.6 Å². The highest BCUT2D eigenvalue weighted by Crippen LogP contribution is 2.55. The fourth-order valence-corrected chi connectivity index (χ4v) is 4.73. The van der Waals surface area contributed by atoms with Crippen LogP contribution in [0.25, 0.3) is 0 Å². The van der Waals surface area contributed by atoms with Crippen LogP contribution in [-0.2, 0) is 13.1 Å². The lowest BCUT2D eigenvalue weighted by molar-refractivity contribution is -0.149. The smallest absolute Gasteiger partial charge is 0.252 e. The van der Waals surface area contributed by atoms with Crippen molar-refractivity contribution in [1.29, 1.82) is 0 Å². The topological polar surface area (TPSA) is 3.24 Å². The zero-order chi connectivity index (χ0) is 21.1. The third-order valence-electron chi connectivity index (χ3n) is 6.13. The van der Waals surface area contributed by atoms with Crippen LogP contribution in [0, 0.1) is 5.92 Å². The monoisotopic (exact) mass is 425 g/mol. The fourth-order valence-electron chi connectivity index (χ4n) is 4.49. The van der Waals surface area contributed by atoms with E-state index in [4.69, 9.17) is 11.6 Å². The molecule has 0 bridgehead atoms. The third kappa shape index (κ3) is 4.37. The molecule has 1 aliphatic rings. The van der Waals surface area contributed by atoms with E-state index in [0.717, 1.165) is 11.3 Å². The molecule has 3 aromatic carbocycles. The van der Waals surface area contributed by atoms with Crippen LogP contribution < -0.4 is 4.90 Å². The molecule has 0 N–H and O–H groups in total. The van der Waals surface area contributed by atoms with Crippen molar-refractivity contribution in [3.8, 4) is 0 Å². The summed E-state index contributed by atoms with van der Waals surface area (Å²) in [5, 5.41) is 0.643. The van der Waals surface area contributed by atoms with E-state index >= 15 is 0 Å². The summed E-state index contributed by atoms with van der Waals surface area (Å²) < 4.78 is 28.0. The van der Waals surface area contributed by atoms with E-state index in [0.29, 0.717) is 24.5 Å². The second kappa shape index (κ2) is 8.77. The molecular weight excluding hydrogens is 400 g/mol. The minimum atomic E-state index is -2.56. The second-order valence-electron chi connectivity index (χ2n) is 8.12. The zero-order valence-corrected chi connectivity index (χ0v) is 17.8. The highest BCUT2D eigenvalue weighted by molar-refractivity contribution is 6.33. The molecule has 3 aromatic rings. The van der Waals surface area contributed by atoms with Gasteiger partial charge in [-0.05, 0) is 41.2 Å². The van der Waals surface area contributed by atoms with E-state index in [1.54, 1.807) is 0 Å². The Balaban J connectivity index is 1.67. The Morgan fingerprint density at radius 3 is 1.97 bits per heavy atom. The van der Waals surface area contributed by atoms with Crippen molar-refractivity contribution in [2.24, 2.45) is 5.92 Å². The highest BCUT2D eigenvalue weighted by atomic mass is 35.5. The number of alkyl halides is 2. The molecule has 1 nitrogen and oxygen atoms in total. The van der Waals surface area contributed by atoms with Crippen molar-refractivity contribution >= 4 is 17.3 Å². The molecular formula is C26H26ClF2N. The first-order valence-corrected chi connectivity index (χ1v) is 10.9. The van der Waals surface area contributed by atoms with Gasteiger partial charge in [0.1, 0.15) is 0 Å². The maximum Gasteiger partial charge on any atom is 0.252 e.